The zero-order chi connectivity index (χ0) is 30.4. The number of carbonyl (C=O) groups excluding carboxylic acids is 4. The lowest BCUT2D eigenvalue weighted by Gasteiger charge is -2.27. The highest BCUT2D eigenvalue weighted by atomic mass is 16.3. The Morgan fingerprint density at radius 3 is 1.00 bits per heavy atom. The number of rotatable bonds is 3. The van der Waals surface area contributed by atoms with E-state index >= 15 is 0 Å². The number of phenols is 6. The lowest BCUT2D eigenvalue weighted by atomic mass is 9.74. The molecule has 0 saturated heterocycles. The molecule has 6 rings (SSSR count). The van der Waals surface area contributed by atoms with Gasteiger partial charge in [0.05, 0.1) is 35.5 Å². The summed E-state index contributed by atoms with van der Waals surface area (Å²) in [6.45, 7) is -1.25. The minimum atomic E-state index is -1.06. The largest absolute Gasteiger partial charge is 0.507 e. The quantitative estimate of drug-likeness (QED) is 0.153. The summed E-state index contributed by atoms with van der Waals surface area (Å²) in [7, 11) is 0. The predicted molar refractivity (Wildman–Crippen MR) is 140 cm³/mol. The first kappa shape index (κ1) is 26.5. The fourth-order valence-corrected chi connectivity index (χ4v) is 5.64. The first-order valence-corrected chi connectivity index (χ1v) is 12.2. The van der Waals surface area contributed by atoms with E-state index in [1.165, 1.54) is 0 Å². The van der Waals surface area contributed by atoms with Crippen LogP contribution >= 0.6 is 0 Å². The van der Waals surface area contributed by atoms with Crippen LogP contribution in [0.5, 0.6) is 34.5 Å². The molecule has 0 radical (unpaired) electrons. The summed E-state index contributed by atoms with van der Waals surface area (Å²) in [5.74, 6) is -9.12. The Kier molecular flexibility index (Phi) is 5.61. The normalized spacial score (nSPS) is 13.5. The van der Waals surface area contributed by atoms with Gasteiger partial charge >= 0.3 is 0 Å². The fourth-order valence-electron chi connectivity index (χ4n) is 5.64. The molecule has 4 aromatic rings. The SMILES string of the molecule is O=C1c2c(O)cc(CO)cc2C(=O)c2c1c(O)cc(O)c2-c1c(O)cc(O)c2c1C(=O)c1cc(CO)cc(O)c1C2=O. The van der Waals surface area contributed by atoms with Crippen LogP contribution in [0.1, 0.15) is 74.8 Å². The van der Waals surface area contributed by atoms with E-state index < -0.39 is 126 Å². The van der Waals surface area contributed by atoms with Gasteiger partial charge in [0.25, 0.3) is 0 Å². The van der Waals surface area contributed by atoms with Gasteiger partial charge in [-0.05, 0) is 35.4 Å². The number of ketones is 4. The molecule has 0 atom stereocenters. The lowest BCUT2D eigenvalue weighted by Crippen LogP contribution is -2.25. The highest BCUT2D eigenvalue weighted by molar-refractivity contribution is 6.35. The third-order valence-electron chi connectivity index (χ3n) is 7.39. The molecule has 8 N–H and O–H groups in total. The first-order chi connectivity index (χ1) is 19.9. The third-order valence-corrected chi connectivity index (χ3v) is 7.39. The minimum Gasteiger partial charge on any atom is -0.507 e. The van der Waals surface area contributed by atoms with Crippen LogP contribution in [0, 0.1) is 0 Å². The van der Waals surface area contributed by atoms with Crippen molar-refractivity contribution in [2.75, 3.05) is 0 Å². The Hall–Kier alpha value is -5.72. The highest BCUT2D eigenvalue weighted by Crippen LogP contribution is 2.52. The minimum absolute atomic E-state index is 0.0449. The van der Waals surface area contributed by atoms with Gasteiger partial charge in [-0.2, -0.15) is 0 Å². The van der Waals surface area contributed by atoms with Gasteiger partial charge in [-0.15, -0.1) is 0 Å². The summed E-state index contributed by atoms with van der Waals surface area (Å²) in [5, 5.41) is 83.4. The monoisotopic (exact) mass is 570 g/mol. The Bertz CT molecular complexity index is 1840. The van der Waals surface area contributed by atoms with Crippen LogP contribution < -0.4 is 0 Å². The summed E-state index contributed by atoms with van der Waals surface area (Å²) in [5.41, 5.74) is -5.81. The molecule has 0 aromatic heterocycles. The average Bonchev–Trinajstić information content (AvgIpc) is 2.93. The second kappa shape index (κ2) is 8.89. The van der Waals surface area contributed by atoms with E-state index in [9.17, 15) is 60.0 Å². The van der Waals surface area contributed by atoms with Gasteiger partial charge in [0.15, 0.2) is 11.6 Å². The molecule has 0 saturated carbocycles. The van der Waals surface area contributed by atoms with Crippen LogP contribution in [0.15, 0.2) is 36.4 Å². The van der Waals surface area contributed by atoms with Crippen LogP contribution in [0.3, 0.4) is 0 Å². The van der Waals surface area contributed by atoms with Crippen LogP contribution in [0.4, 0.5) is 0 Å². The van der Waals surface area contributed by atoms with Gasteiger partial charge in [0.1, 0.15) is 34.5 Å². The molecule has 42 heavy (non-hydrogen) atoms. The van der Waals surface area contributed by atoms with Crippen molar-refractivity contribution in [2.24, 2.45) is 0 Å². The smallest absolute Gasteiger partial charge is 0.201 e. The molecule has 2 aliphatic rings. The van der Waals surface area contributed by atoms with Crippen molar-refractivity contribution in [1.82, 2.24) is 0 Å². The predicted octanol–water partition coefficient (Wildman–Crippen LogP) is 2.12. The van der Waals surface area contributed by atoms with Crippen molar-refractivity contribution in [3.8, 4) is 45.6 Å². The molecule has 4 aromatic carbocycles. The third kappa shape index (κ3) is 3.36. The highest BCUT2D eigenvalue weighted by Gasteiger charge is 2.43. The molecule has 12 heteroatoms. The standard InChI is InChI=1S/C30H18O12/c31-7-9-1-11-19(13(33)3-9)29(41)23-17(37)5-15(35)21(25(23)27(11)39)22-16(36)6-18(38)24-26(22)28(40)12-2-10(8-32)4-14(34)20(12)30(24)42/h1-6,31-38H,7-8H2. The van der Waals surface area contributed by atoms with Crippen molar-refractivity contribution in [3.63, 3.8) is 0 Å². The van der Waals surface area contributed by atoms with E-state index in [0.717, 1.165) is 24.3 Å². The molecule has 2 aliphatic carbocycles. The fraction of sp³-hybridized carbons (Fsp3) is 0.0667. The summed E-state index contributed by atoms with van der Waals surface area (Å²) in [6.07, 6.45) is 0. The maximum atomic E-state index is 13.9. The van der Waals surface area contributed by atoms with Crippen molar-refractivity contribution in [3.05, 3.63) is 92.0 Å². The molecule has 0 heterocycles. The number of carbonyl (C=O) groups is 4. The van der Waals surface area contributed by atoms with E-state index in [0.29, 0.717) is 12.1 Å². The molecular formula is C30H18O12. The maximum Gasteiger partial charge on any atom is 0.201 e. The number of aliphatic hydroxyl groups excluding tert-OH is 2. The molecule has 0 aliphatic heterocycles. The van der Waals surface area contributed by atoms with E-state index in [1.54, 1.807) is 0 Å². The van der Waals surface area contributed by atoms with Crippen molar-refractivity contribution < 1.29 is 60.0 Å². The van der Waals surface area contributed by atoms with Crippen LogP contribution in [-0.4, -0.2) is 64.0 Å². The molecule has 0 amide bonds. The molecule has 0 spiro atoms. The molecule has 0 unspecified atom stereocenters. The Labute approximate surface area is 234 Å². The lowest BCUT2D eigenvalue weighted by molar-refractivity contribution is 0.0972. The number of benzene rings is 4. The van der Waals surface area contributed by atoms with Crippen molar-refractivity contribution >= 4 is 23.1 Å². The molecule has 12 nitrogen and oxygen atoms in total. The summed E-state index contributed by atoms with van der Waals surface area (Å²) < 4.78 is 0. The second-order valence-electron chi connectivity index (χ2n) is 9.79. The van der Waals surface area contributed by atoms with Crippen molar-refractivity contribution in [2.45, 2.75) is 13.2 Å². The van der Waals surface area contributed by atoms with Gasteiger partial charge in [-0.25, -0.2) is 0 Å². The van der Waals surface area contributed by atoms with Gasteiger partial charge in [0.2, 0.25) is 11.6 Å². The topological polar surface area (TPSA) is 230 Å². The zero-order valence-corrected chi connectivity index (χ0v) is 21.1. The average molecular weight is 570 g/mol. The zero-order valence-electron chi connectivity index (χ0n) is 21.1. The van der Waals surface area contributed by atoms with Gasteiger partial charge < -0.3 is 40.9 Å². The molecule has 0 fully saturated rings. The summed E-state index contributed by atoms with van der Waals surface area (Å²) in [6, 6.07) is 5.65. The number of aromatic hydroxyl groups is 6. The maximum absolute atomic E-state index is 13.9. The summed E-state index contributed by atoms with van der Waals surface area (Å²) in [4.78, 5) is 54.8. The summed E-state index contributed by atoms with van der Waals surface area (Å²) >= 11 is 0. The first-order valence-electron chi connectivity index (χ1n) is 12.2. The number of aliphatic hydroxyl groups is 2. The van der Waals surface area contributed by atoms with E-state index in [-0.39, 0.29) is 11.1 Å². The Morgan fingerprint density at radius 2 is 0.667 bits per heavy atom. The molecule has 210 valence electrons. The van der Waals surface area contributed by atoms with Crippen LogP contribution in [0.25, 0.3) is 11.1 Å². The molecular weight excluding hydrogens is 552 g/mol. The van der Waals surface area contributed by atoms with Crippen LogP contribution in [-0.2, 0) is 13.2 Å². The van der Waals surface area contributed by atoms with Gasteiger partial charge in [-0.1, -0.05) is 0 Å². The van der Waals surface area contributed by atoms with E-state index in [2.05, 4.69) is 0 Å². The Balaban J connectivity index is 1.73. The van der Waals surface area contributed by atoms with E-state index in [4.69, 9.17) is 0 Å². The number of phenolic OH excluding ortho intramolecular Hbond substituents is 6. The van der Waals surface area contributed by atoms with Gasteiger partial charge in [-0.3, -0.25) is 19.2 Å². The van der Waals surface area contributed by atoms with E-state index in [1.807, 2.05) is 0 Å². The number of hydrogen-bond acceptors (Lipinski definition) is 12. The van der Waals surface area contributed by atoms with Crippen LogP contribution in [0.2, 0.25) is 0 Å². The Morgan fingerprint density at radius 1 is 0.357 bits per heavy atom. The van der Waals surface area contributed by atoms with Crippen molar-refractivity contribution in [1.29, 1.82) is 0 Å². The second-order valence-corrected chi connectivity index (χ2v) is 9.79. The molecule has 0 bridgehead atoms. The number of fused-ring (bicyclic) bond motifs is 4. The number of hydrogen-bond donors (Lipinski definition) is 8. The van der Waals surface area contributed by atoms with Gasteiger partial charge in [0, 0.05) is 45.5 Å².